The zero-order valence-electron chi connectivity index (χ0n) is 18.4. The Balaban J connectivity index is 0.000000344. The average Bonchev–Trinajstić information content (AvgIpc) is 3.55. The van der Waals surface area contributed by atoms with Gasteiger partial charge in [0, 0.05) is 30.8 Å². The van der Waals surface area contributed by atoms with Gasteiger partial charge < -0.3 is 23.6 Å². The maximum Gasteiger partial charge on any atom is 0.490 e. The molecule has 2 aliphatic heterocycles. The van der Waals surface area contributed by atoms with Crippen molar-refractivity contribution in [3.63, 3.8) is 0 Å². The Bertz CT molecular complexity index is 1110. The van der Waals surface area contributed by atoms with Crippen molar-refractivity contribution in [2.24, 2.45) is 0 Å². The summed E-state index contributed by atoms with van der Waals surface area (Å²) in [5.41, 5.74) is 3.37. The molecule has 0 amide bonds. The first-order valence-electron chi connectivity index (χ1n) is 10.6. The summed E-state index contributed by atoms with van der Waals surface area (Å²) in [7, 11) is 1.69. The number of hydrogen-bond acceptors (Lipinski definition) is 6. The molecule has 11 heteroatoms. The fourth-order valence-electron chi connectivity index (χ4n) is 4.20. The molecule has 1 aromatic carbocycles. The van der Waals surface area contributed by atoms with Gasteiger partial charge in [-0.25, -0.2) is 9.78 Å². The Hall–Kier alpha value is -3.31. The zero-order valence-corrected chi connectivity index (χ0v) is 18.4. The van der Waals surface area contributed by atoms with Gasteiger partial charge in [0.2, 0.25) is 0 Å². The van der Waals surface area contributed by atoms with Gasteiger partial charge in [-0.2, -0.15) is 13.2 Å². The van der Waals surface area contributed by atoms with Gasteiger partial charge in [-0.15, -0.1) is 0 Å². The number of imidazole rings is 1. The maximum atomic E-state index is 10.6. The lowest BCUT2D eigenvalue weighted by molar-refractivity contribution is -0.192. The number of carboxylic acids is 1. The fourth-order valence-corrected chi connectivity index (χ4v) is 4.20. The van der Waals surface area contributed by atoms with Crippen molar-refractivity contribution in [1.82, 2.24) is 14.5 Å². The minimum atomic E-state index is -5.08. The summed E-state index contributed by atoms with van der Waals surface area (Å²) < 4.78 is 50.9. The summed E-state index contributed by atoms with van der Waals surface area (Å²) in [6.45, 7) is 4.27. The van der Waals surface area contributed by atoms with E-state index in [0.717, 1.165) is 55.4 Å². The van der Waals surface area contributed by atoms with E-state index in [9.17, 15) is 13.2 Å². The van der Waals surface area contributed by atoms with E-state index in [1.165, 1.54) is 5.56 Å². The molecule has 0 saturated carbocycles. The van der Waals surface area contributed by atoms with Crippen LogP contribution in [0.25, 0.3) is 11.3 Å². The maximum absolute atomic E-state index is 10.6. The molecule has 0 radical (unpaired) electrons. The van der Waals surface area contributed by atoms with Crippen LogP contribution in [-0.2, 0) is 29.2 Å². The predicted molar refractivity (Wildman–Crippen MR) is 114 cm³/mol. The van der Waals surface area contributed by atoms with Crippen LogP contribution in [0.1, 0.15) is 17.8 Å². The molecule has 1 saturated heterocycles. The lowest BCUT2D eigenvalue weighted by Crippen LogP contribution is -2.44. The molecule has 2 aliphatic rings. The number of benzene rings is 1. The standard InChI is InChI=1S/C21H23N3O3.C2HF3O2/c1-25-18-4-2-17(3-5-18)19-10-22-20-13-27-21(15-24(19)20)7-8-23(14-21)11-16-6-9-26-12-16;3-2(4,5)1(6)7/h2-6,9-10,12H,7-8,11,13-15H2,1H3;(H,6,7). The molecule has 0 bridgehead atoms. The lowest BCUT2D eigenvalue weighted by atomic mass is 10.0. The number of rotatable bonds is 4. The number of ether oxygens (including phenoxy) is 2. The van der Waals surface area contributed by atoms with Crippen LogP contribution in [-0.4, -0.2) is 57.5 Å². The van der Waals surface area contributed by atoms with Gasteiger partial charge in [0.25, 0.3) is 0 Å². The van der Waals surface area contributed by atoms with Gasteiger partial charge >= 0.3 is 12.1 Å². The van der Waals surface area contributed by atoms with E-state index >= 15 is 0 Å². The quantitative estimate of drug-likeness (QED) is 0.606. The van der Waals surface area contributed by atoms with Crippen molar-refractivity contribution < 1.29 is 37.0 Å². The number of alkyl halides is 3. The number of halogens is 3. The second-order valence-electron chi connectivity index (χ2n) is 8.24. The van der Waals surface area contributed by atoms with Crippen molar-refractivity contribution in [2.45, 2.75) is 37.9 Å². The highest BCUT2D eigenvalue weighted by Crippen LogP contribution is 2.36. The Morgan fingerprint density at radius 3 is 2.59 bits per heavy atom. The number of hydrogen-bond donors (Lipinski definition) is 1. The van der Waals surface area contributed by atoms with Crippen molar-refractivity contribution in [1.29, 1.82) is 0 Å². The third-order valence-corrected chi connectivity index (χ3v) is 5.90. The second-order valence-corrected chi connectivity index (χ2v) is 8.24. The van der Waals surface area contributed by atoms with E-state index in [4.69, 9.17) is 23.8 Å². The van der Waals surface area contributed by atoms with E-state index in [1.54, 1.807) is 13.4 Å². The number of furan rings is 1. The van der Waals surface area contributed by atoms with Gasteiger partial charge in [0.05, 0.1) is 38.1 Å². The highest BCUT2D eigenvalue weighted by atomic mass is 19.4. The number of fused-ring (bicyclic) bond motifs is 1. The zero-order chi connectivity index (χ0) is 24.3. The van der Waals surface area contributed by atoms with Crippen LogP contribution < -0.4 is 4.74 Å². The highest BCUT2D eigenvalue weighted by Gasteiger charge is 2.43. The van der Waals surface area contributed by atoms with Crippen LogP contribution in [0.2, 0.25) is 0 Å². The monoisotopic (exact) mass is 479 g/mol. The SMILES string of the molecule is COc1ccc(-c2cnc3n2CC2(CCN(Cc4ccoc4)C2)OC3)cc1.O=C(O)C(F)(F)F. The number of likely N-dealkylation sites (tertiary alicyclic amines) is 1. The molecule has 5 rings (SSSR count). The summed E-state index contributed by atoms with van der Waals surface area (Å²) in [5.74, 6) is -0.894. The lowest BCUT2D eigenvalue weighted by Gasteiger charge is -2.35. The molecule has 182 valence electrons. The van der Waals surface area contributed by atoms with Crippen LogP contribution in [0, 0.1) is 0 Å². The molecule has 1 fully saturated rings. The third kappa shape index (κ3) is 5.26. The summed E-state index contributed by atoms with van der Waals surface area (Å²) in [6, 6.07) is 10.2. The van der Waals surface area contributed by atoms with Crippen molar-refractivity contribution in [3.8, 4) is 17.0 Å². The van der Waals surface area contributed by atoms with Gasteiger partial charge in [-0.3, -0.25) is 4.90 Å². The molecule has 8 nitrogen and oxygen atoms in total. The summed E-state index contributed by atoms with van der Waals surface area (Å²) in [4.78, 5) is 15.9. The molecule has 1 unspecified atom stereocenters. The predicted octanol–water partition coefficient (Wildman–Crippen LogP) is 3.96. The number of aliphatic carboxylic acids is 1. The Kier molecular flexibility index (Phi) is 6.67. The summed E-state index contributed by atoms with van der Waals surface area (Å²) >= 11 is 0. The average molecular weight is 479 g/mol. The van der Waals surface area contributed by atoms with E-state index in [2.05, 4.69) is 26.6 Å². The first-order chi connectivity index (χ1) is 16.2. The molecule has 2 aromatic heterocycles. The van der Waals surface area contributed by atoms with Crippen LogP contribution >= 0.6 is 0 Å². The first kappa shape index (κ1) is 23.8. The van der Waals surface area contributed by atoms with E-state index in [-0.39, 0.29) is 5.60 Å². The second kappa shape index (κ2) is 9.51. The number of aromatic nitrogens is 2. The van der Waals surface area contributed by atoms with Gasteiger partial charge in [-0.1, -0.05) is 0 Å². The van der Waals surface area contributed by atoms with Crippen LogP contribution in [0.5, 0.6) is 5.75 Å². The normalized spacial score (nSPS) is 20.0. The van der Waals surface area contributed by atoms with Crippen molar-refractivity contribution >= 4 is 5.97 Å². The topological polar surface area (TPSA) is 90.0 Å². The molecular weight excluding hydrogens is 455 g/mol. The van der Waals surface area contributed by atoms with Crippen LogP contribution in [0.3, 0.4) is 0 Å². The first-order valence-corrected chi connectivity index (χ1v) is 10.6. The van der Waals surface area contributed by atoms with Crippen molar-refractivity contribution in [3.05, 3.63) is 60.4 Å². The van der Waals surface area contributed by atoms with Crippen molar-refractivity contribution in [2.75, 3.05) is 20.2 Å². The molecule has 34 heavy (non-hydrogen) atoms. The third-order valence-electron chi connectivity index (χ3n) is 5.90. The minimum absolute atomic E-state index is 0.140. The van der Waals surface area contributed by atoms with Gasteiger partial charge in [0.1, 0.15) is 23.8 Å². The molecule has 1 spiro atoms. The number of nitrogens with zero attached hydrogens (tertiary/aromatic N) is 3. The smallest absolute Gasteiger partial charge is 0.490 e. The van der Waals surface area contributed by atoms with E-state index in [0.29, 0.717) is 6.61 Å². The largest absolute Gasteiger partial charge is 0.497 e. The number of carbonyl (C=O) groups is 1. The Morgan fingerprint density at radius 2 is 1.97 bits per heavy atom. The molecule has 1 N–H and O–H groups in total. The molecule has 3 aromatic rings. The van der Waals surface area contributed by atoms with Gasteiger partial charge in [0.15, 0.2) is 0 Å². The Morgan fingerprint density at radius 1 is 1.24 bits per heavy atom. The summed E-state index contributed by atoms with van der Waals surface area (Å²) in [5, 5.41) is 7.12. The fraction of sp³-hybridized carbons (Fsp3) is 0.391. The van der Waals surface area contributed by atoms with Crippen LogP contribution in [0.15, 0.2) is 53.5 Å². The van der Waals surface area contributed by atoms with E-state index < -0.39 is 12.1 Å². The number of methoxy groups -OCH3 is 1. The molecule has 4 heterocycles. The van der Waals surface area contributed by atoms with Crippen LogP contribution in [0.4, 0.5) is 13.2 Å². The number of carboxylic acid groups (broad SMARTS) is 1. The van der Waals surface area contributed by atoms with Gasteiger partial charge in [-0.05, 0) is 36.8 Å². The van der Waals surface area contributed by atoms with E-state index in [1.807, 2.05) is 30.7 Å². The molecular formula is C23H24F3N3O5. The minimum Gasteiger partial charge on any atom is -0.497 e. The summed E-state index contributed by atoms with van der Waals surface area (Å²) in [6.07, 6.45) is 1.46. The Labute approximate surface area is 193 Å². The molecule has 0 aliphatic carbocycles. The molecule has 1 atom stereocenters. The highest BCUT2D eigenvalue weighted by molar-refractivity contribution is 5.73.